The van der Waals surface area contributed by atoms with Crippen molar-refractivity contribution in [1.29, 1.82) is 0 Å². The van der Waals surface area contributed by atoms with E-state index in [1.165, 1.54) is 72.0 Å². The van der Waals surface area contributed by atoms with Gasteiger partial charge in [0.05, 0.1) is 5.41 Å². The molecule has 168 valence electrons. The van der Waals surface area contributed by atoms with E-state index in [-0.39, 0.29) is 5.41 Å². The van der Waals surface area contributed by atoms with Gasteiger partial charge in [-0.1, -0.05) is 127 Å². The average molecular weight is 457 g/mol. The Morgan fingerprint density at radius 1 is 0.417 bits per heavy atom. The number of hydrogen-bond donors (Lipinski definition) is 0. The predicted octanol–water partition coefficient (Wildman–Crippen LogP) is 9.16. The largest absolute Gasteiger partial charge is 0.0731 e. The molecule has 2 aliphatic rings. The maximum Gasteiger partial charge on any atom is 0.0731 e. The minimum atomic E-state index is -0.333. The number of aryl methyl sites for hydroxylation is 1. The van der Waals surface area contributed by atoms with Crippen LogP contribution in [0, 0.1) is 6.92 Å². The fraction of sp³-hybridized carbons (Fsp3) is 0.0556. The molecular weight excluding hydrogens is 432 g/mol. The molecule has 36 heavy (non-hydrogen) atoms. The van der Waals surface area contributed by atoms with Crippen molar-refractivity contribution in [3.63, 3.8) is 0 Å². The Labute approximate surface area is 211 Å². The van der Waals surface area contributed by atoms with Crippen molar-refractivity contribution in [2.45, 2.75) is 12.3 Å². The first-order valence-corrected chi connectivity index (χ1v) is 12.7. The zero-order valence-corrected chi connectivity index (χ0v) is 20.1. The van der Waals surface area contributed by atoms with Crippen molar-refractivity contribution in [2.75, 3.05) is 0 Å². The first-order valence-electron chi connectivity index (χ1n) is 12.7. The molecule has 8 rings (SSSR count). The second-order valence-corrected chi connectivity index (χ2v) is 10.1. The zero-order chi connectivity index (χ0) is 23.9. The van der Waals surface area contributed by atoms with Crippen molar-refractivity contribution in [2.24, 2.45) is 0 Å². The first-order chi connectivity index (χ1) is 17.8. The molecular formula is C36H24. The van der Waals surface area contributed by atoms with E-state index in [9.17, 15) is 0 Å². The van der Waals surface area contributed by atoms with Crippen LogP contribution < -0.4 is 0 Å². The van der Waals surface area contributed by atoms with Crippen LogP contribution in [0.15, 0.2) is 127 Å². The minimum Gasteiger partial charge on any atom is -0.0619 e. The van der Waals surface area contributed by atoms with E-state index in [1.807, 2.05) is 0 Å². The second-order valence-electron chi connectivity index (χ2n) is 10.1. The van der Waals surface area contributed by atoms with Gasteiger partial charge in [-0.2, -0.15) is 0 Å². The third-order valence-corrected chi connectivity index (χ3v) is 8.31. The van der Waals surface area contributed by atoms with E-state index in [1.54, 1.807) is 0 Å². The molecule has 6 aromatic rings. The number of fused-ring (bicyclic) bond motifs is 11. The predicted molar refractivity (Wildman–Crippen MR) is 150 cm³/mol. The highest BCUT2D eigenvalue weighted by Gasteiger charge is 2.52. The van der Waals surface area contributed by atoms with Gasteiger partial charge in [-0.3, -0.25) is 0 Å². The molecule has 0 atom stereocenters. The number of rotatable bonds is 1. The molecule has 2 aliphatic carbocycles. The van der Waals surface area contributed by atoms with Crippen LogP contribution >= 0.6 is 0 Å². The van der Waals surface area contributed by atoms with Crippen LogP contribution in [0.1, 0.15) is 27.8 Å². The highest BCUT2D eigenvalue weighted by Crippen LogP contribution is 2.64. The van der Waals surface area contributed by atoms with Crippen LogP contribution in [-0.2, 0) is 5.41 Å². The normalized spacial score (nSPS) is 13.9. The zero-order valence-electron chi connectivity index (χ0n) is 20.1. The van der Waals surface area contributed by atoms with Crippen LogP contribution in [-0.4, -0.2) is 0 Å². The first kappa shape index (κ1) is 19.8. The Kier molecular flexibility index (Phi) is 3.89. The SMILES string of the molecule is Cc1cc(-c2cccc3c2C2(c4ccccc4-c4ccccc42)c2ccccc2-3)c2ccccc2c1. The summed E-state index contributed by atoms with van der Waals surface area (Å²) in [6.07, 6.45) is 0. The van der Waals surface area contributed by atoms with Gasteiger partial charge in [0.15, 0.2) is 0 Å². The highest BCUT2D eigenvalue weighted by atomic mass is 14.5. The van der Waals surface area contributed by atoms with Crippen LogP contribution in [0.4, 0.5) is 0 Å². The molecule has 0 saturated heterocycles. The molecule has 0 aromatic heterocycles. The van der Waals surface area contributed by atoms with Crippen LogP contribution in [0.5, 0.6) is 0 Å². The van der Waals surface area contributed by atoms with E-state index >= 15 is 0 Å². The van der Waals surface area contributed by atoms with Gasteiger partial charge in [0.2, 0.25) is 0 Å². The summed E-state index contributed by atoms with van der Waals surface area (Å²) in [6.45, 7) is 2.21. The Morgan fingerprint density at radius 2 is 0.889 bits per heavy atom. The molecule has 0 unspecified atom stereocenters. The Bertz CT molecular complexity index is 1790. The molecule has 0 fully saturated rings. The lowest BCUT2D eigenvalue weighted by molar-refractivity contribution is 0.796. The molecule has 1 spiro atoms. The number of hydrogen-bond acceptors (Lipinski definition) is 0. The fourth-order valence-corrected chi connectivity index (χ4v) is 7.06. The lowest BCUT2D eigenvalue weighted by atomic mass is 9.68. The summed E-state index contributed by atoms with van der Waals surface area (Å²) in [4.78, 5) is 0. The standard InChI is InChI=1S/C36H24/c1-23-21-24-11-2-3-12-25(24)31(22-23)30-17-10-16-29-28-15-6-9-20-34(28)36(35(29)30)32-18-7-4-13-26(32)27-14-5-8-19-33(27)36/h2-22H,1H3. The van der Waals surface area contributed by atoms with Gasteiger partial charge in [0, 0.05) is 0 Å². The van der Waals surface area contributed by atoms with E-state index in [2.05, 4.69) is 134 Å². The summed E-state index contributed by atoms with van der Waals surface area (Å²) in [5.41, 5.74) is 14.6. The van der Waals surface area contributed by atoms with Gasteiger partial charge in [0.25, 0.3) is 0 Å². The van der Waals surface area contributed by atoms with Gasteiger partial charge >= 0.3 is 0 Å². The Morgan fingerprint density at radius 3 is 1.53 bits per heavy atom. The third-order valence-electron chi connectivity index (χ3n) is 8.31. The summed E-state index contributed by atoms with van der Waals surface area (Å²) >= 11 is 0. The third kappa shape index (κ3) is 2.34. The van der Waals surface area contributed by atoms with Crippen molar-refractivity contribution in [3.8, 4) is 33.4 Å². The van der Waals surface area contributed by atoms with E-state index in [0.717, 1.165) is 0 Å². The molecule has 0 heterocycles. The molecule has 0 nitrogen and oxygen atoms in total. The molecule has 0 bridgehead atoms. The monoisotopic (exact) mass is 456 g/mol. The molecule has 0 N–H and O–H groups in total. The van der Waals surface area contributed by atoms with Gasteiger partial charge in [-0.05, 0) is 78.9 Å². The molecule has 0 aliphatic heterocycles. The van der Waals surface area contributed by atoms with Gasteiger partial charge in [-0.25, -0.2) is 0 Å². The van der Waals surface area contributed by atoms with Crippen LogP contribution in [0.3, 0.4) is 0 Å². The quantitative estimate of drug-likeness (QED) is 0.231. The van der Waals surface area contributed by atoms with Crippen molar-refractivity contribution in [3.05, 3.63) is 155 Å². The summed E-state index contributed by atoms with van der Waals surface area (Å²) in [5, 5.41) is 2.60. The number of benzene rings is 6. The summed E-state index contributed by atoms with van der Waals surface area (Å²) in [7, 11) is 0. The van der Waals surface area contributed by atoms with E-state index in [0.29, 0.717) is 0 Å². The lowest BCUT2D eigenvalue weighted by Gasteiger charge is -2.32. The van der Waals surface area contributed by atoms with Crippen molar-refractivity contribution >= 4 is 10.8 Å². The van der Waals surface area contributed by atoms with Gasteiger partial charge in [0.1, 0.15) is 0 Å². The lowest BCUT2D eigenvalue weighted by Crippen LogP contribution is -2.26. The molecule has 0 heteroatoms. The summed E-state index contributed by atoms with van der Waals surface area (Å²) in [5.74, 6) is 0. The van der Waals surface area contributed by atoms with Crippen molar-refractivity contribution in [1.82, 2.24) is 0 Å². The molecule has 0 radical (unpaired) electrons. The maximum absolute atomic E-state index is 2.38. The van der Waals surface area contributed by atoms with Gasteiger partial charge in [-0.15, -0.1) is 0 Å². The second kappa shape index (κ2) is 7.06. The van der Waals surface area contributed by atoms with Crippen molar-refractivity contribution < 1.29 is 0 Å². The maximum atomic E-state index is 2.38. The molecule has 6 aromatic carbocycles. The molecule has 0 amide bonds. The van der Waals surface area contributed by atoms with Crippen LogP contribution in [0.25, 0.3) is 44.2 Å². The summed E-state index contributed by atoms with van der Waals surface area (Å²) in [6, 6.07) is 47.5. The highest BCUT2D eigenvalue weighted by molar-refractivity contribution is 6.03. The smallest absolute Gasteiger partial charge is 0.0619 e. The van der Waals surface area contributed by atoms with Gasteiger partial charge < -0.3 is 0 Å². The van der Waals surface area contributed by atoms with E-state index in [4.69, 9.17) is 0 Å². The fourth-order valence-electron chi connectivity index (χ4n) is 7.06. The van der Waals surface area contributed by atoms with E-state index < -0.39 is 0 Å². The topological polar surface area (TPSA) is 0 Å². The molecule has 0 saturated carbocycles. The minimum absolute atomic E-state index is 0.333. The van der Waals surface area contributed by atoms with Crippen LogP contribution in [0.2, 0.25) is 0 Å². The summed E-state index contributed by atoms with van der Waals surface area (Å²) < 4.78 is 0. The average Bonchev–Trinajstić information content (AvgIpc) is 3.40. The Balaban J connectivity index is 1.60. The Hall–Kier alpha value is -4.42.